The maximum atomic E-state index is 12.8. The second kappa shape index (κ2) is 3.88. The van der Waals surface area contributed by atoms with Gasteiger partial charge in [0.1, 0.15) is 11.9 Å². The van der Waals surface area contributed by atoms with E-state index in [2.05, 4.69) is 4.98 Å². The molecule has 0 aliphatic rings. The molecule has 0 bridgehead atoms. The van der Waals surface area contributed by atoms with Gasteiger partial charge in [-0.05, 0) is 6.07 Å². The summed E-state index contributed by atoms with van der Waals surface area (Å²) in [5, 5.41) is 9.30. The summed E-state index contributed by atoms with van der Waals surface area (Å²) in [4.78, 5) is 3.65. The van der Waals surface area contributed by atoms with Gasteiger partial charge < -0.3 is 9.84 Å². The van der Waals surface area contributed by atoms with Crippen molar-refractivity contribution in [2.45, 2.75) is 19.0 Å². The number of rotatable bonds is 3. The lowest BCUT2D eigenvalue weighted by Crippen LogP contribution is -2.22. The highest BCUT2D eigenvalue weighted by molar-refractivity contribution is 5.32. The van der Waals surface area contributed by atoms with E-state index in [1.54, 1.807) is 0 Å². The van der Waals surface area contributed by atoms with E-state index in [1.807, 2.05) is 0 Å². The second-order valence-electron chi connectivity index (χ2n) is 2.98. The van der Waals surface area contributed by atoms with Gasteiger partial charge in [0.05, 0.1) is 7.11 Å². The number of pyridine rings is 1. The van der Waals surface area contributed by atoms with Gasteiger partial charge in [0.15, 0.2) is 0 Å². The summed E-state index contributed by atoms with van der Waals surface area (Å²) in [7, 11) is 1.35. The number of aliphatic hydroxyl groups excluding tert-OH is 1. The van der Waals surface area contributed by atoms with E-state index in [0.717, 1.165) is 0 Å². The Balaban J connectivity index is 3.06. The first-order chi connectivity index (χ1) is 6.46. The zero-order valence-electron chi connectivity index (χ0n) is 7.87. The van der Waals surface area contributed by atoms with Crippen molar-refractivity contribution in [2.75, 3.05) is 7.11 Å². The highest BCUT2D eigenvalue weighted by atomic mass is 19.3. The second-order valence-corrected chi connectivity index (χ2v) is 2.98. The molecule has 1 N–H and O–H groups in total. The van der Waals surface area contributed by atoms with Crippen LogP contribution in [0.4, 0.5) is 8.78 Å². The van der Waals surface area contributed by atoms with Crippen molar-refractivity contribution in [3.63, 3.8) is 0 Å². The summed E-state index contributed by atoms with van der Waals surface area (Å²) < 4.78 is 30.4. The van der Waals surface area contributed by atoms with Crippen LogP contribution in [0.15, 0.2) is 18.5 Å². The predicted molar refractivity (Wildman–Crippen MR) is 46.4 cm³/mol. The van der Waals surface area contributed by atoms with Crippen LogP contribution in [0.3, 0.4) is 0 Å². The summed E-state index contributed by atoms with van der Waals surface area (Å²) in [6.07, 6.45) is 0.676. The molecule has 1 unspecified atom stereocenters. The minimum absolute atomic E-state index is 0.0116. The molecule has 0 aromatic carbocycles. The Labute approximate surface area is 80.3 Å². The van der Waals surface area contributed by atoms with E-state index in [4.69, 9.17) is 4.74 Å². The first-order valence-electron chi connectivity index (χ1n) is 4.00. The van der Waals surface area contributed by atoms with Crippen LogP contribution in [-0.2, 0) is 0 Å². The number of halogens is 2. The number of aromatic nitrogens is 1. The molecule has 14 heavy (non-hydrogen) atoms. The van der Waals surface area contributed by atoms with Crippen molar-refractivity contribution >= 4 is 0 Å². The predicted octanol–water partition coefficient (Wildman–Crippen LogP) is 1.78. The van der Waals surface area contributed by atoms with Crippen LogP contribution >= 0.6 is 0 Å². The van der Waals surface area contributed by atoms with Crippen molar-refractivity contribution in [3.8, 4) is 5.75 Å². The largest absolute Gasteiger partial charge is 0.496 e. The number of ether oxygens (including phenoxy) is 1. The Morgan fingerprint density at radius 2 is 2.21 bits per heavy atom. The van der Waals surface area contributed by atoms with Gasteiger partial charge in [0.2, 0.25) is 0 Å². The van der Waals surface area contributed by atoms with Crippen LogP contribution in [0.1, 0.15) is 18.6 Å². The molecule has 0 aliphatic carbocycles. The molecule has 5 heteroatoms. The minimum atomic E-state index is -3.21. The summed E-state index contributed by atoms with van der Waals surface area (Å²) in [6.45, 7) is 0.643. The molecular formula is C9H11F2NO2. The normalized spacial score (nSPS) is 13.8. The molecule has 1 heterocycles. The standard InChI is InChI=1S/C9H11F2NO2/c1-9(10,11)8(13)6-5-12-4-3-7(6)14-2/h3-5,8,13H,1-2H3. The van der Waals surface area contributed by atoms with Crippen LogP contribution in [0.2, 0.25) is 0 Å². The monoisotopic (exact) mass is 203 g/mol. The maximum absolute atomic E-state index is 12.8. The molecule has 0 spiro atoms. The molecule has 0 aliphatic heterocycles. The smallest absolute Gasteiger partial charge is 0.275 e. The van der Waals surface area contributed by atoms with E-state index in [1.165, 1.54) is 25.6 Å². The quantitative estimate of drug-likeness (QED) is 0.814. The van der Waals surface area contributed by atoms with Crippen molar-refractivity contribution in [2.24, 2.45) is 0 Å². The van der Waals surface area contributed by atoms with Crippen molar-refractivity contribution in [1.82, 2.24) is 4.98 Å². The van der Waals surface area contributed by atoms with Crippen molar-refractivity contribution in [1.29, 1.82) is 0 Å². The van der Waals surface area contributed by atoms with E-state index >= 15 is 0 Å². The molecule has 0 amide bonds. The van der Waals surface area contributed by atoms with Gasteiger partial charge in [0, 0.05) is 24.9 Å². The molecular weight excluding hydrogens is 192 g/mol. The highest BCUT2D eigenvalue weighted by Gasteiger charge is 2.35. The Bertz CT molecular complexity index is 312. The van der Waals surface area contributed by atoms with Gasteiger partial charge in [0.25, 0.3) is 5.92 Å². The average Bonchev–Trinajstić information content (AvgIpc) is 2.15. The molecule has 0 saturated heterocycles. The SMILES string of the molecule is COc1ccncc1C(O)C(C)(F)F. The fourth-order valence-corrected chi connectivity index (χ4v) is 1.06. The van der Waals surface area contributed by atoms with E-state index in [0.29, 0.717) is 6.92 Å². The number of methoxy groups -OCH3 is 1. The molecule has 1 aromatic heterocycles. The third-order valence-electron chi connectivity index (χ3n) is 1.80. The van der Waals surface area contributed by atoms with Crippen LogP contribution in [0.5, 0.6) is 5.75 Å². The van der Waals surface area contributed by atoms with Gasteiger partial charge in [-0.15, -0.1) is 0 Å². The Morgan fingerprint density at radius 3 is 2.71 bits per heavy atom. The molecule has 3 nitrogen and oxygen atoms in total. The minimum Gasteiger partial charge on any atom is -0.496 e. The topological polar surface area (TPSA) is 42.4 Å². The molecule has 78 valence electrons. The Kier molecular flexibility index (Phi) is 3.00. The zero-order valence-corrected chi connectivity index (χ0v) is 7.87. The molecule has 1 rings (SSSR count). The lowest BCUT2D eigenvalue weighted by molar-refractivity contribution is -0.0962. The van der Waals surface area contributed by atoms with Gasteiger partial charge >= 0.3 is 0 Å². The van der Waals surface area contributed by atoms with E-state index in [9.17, 15) is 13.9 Å². The number of hydrogen-bond acceptors (Lipinski definition) is 3. The van der Waals surface area contributed by atoms with Crippen LogP contribution in [0.25, 0.3) is 0 Å². The lowest BCUT2D eigenvalue weighted by Gasteiger charge is -2.19. The average molecular weight is 203 g/mol. The number of aliphatic hydroxyl groups is 1. The summed E-state index contributed by atoms with van der Waals surface area (Å²) >= 11 is 0. The number of alkyl halides is 2. The molecule has 0 saturated carbocycles. The van der Waals surface area contributed by atoms with Gasteiger partial charge in [-0.25, -0.2) is 8.78 Å². The lowest BCUT2D eigenvalue weighted by atomic mass is 10.1. The molecule has 0 fully saturated rings. The van der Waals surface area contributed by atoms with E-state index < -0.39 is 12.0 Å². The zero-order chi connectivity index (χ0) is 10.8. The van der Waals surface area contributed by atoms with Crippen LogP contribution < -0.4 is 4.74 Å². The molecule has 1 aromatic rings. The first kappa shape index (κ1) is 10.8. The maximum Gasteiger partial charge on any atom is 0.275 e. The Hall–Kier alpha value is -1.23. The third-order valence-corrected chi connectivity index (χ3v) is 1.80. The van der Waals surface area contributed by atoms with Crippen LogP contribution in [0, 0.1) is 0 Å². The van der Waals surface area contributed by atoms with Crippen molar-refractivity contribution in [3.05, 3.63) is 24.0 Å². The highest BCUT2D eigenvalue weighted by Crippen LogP contribution is 2.34. The van der Waals surface area contributed by atoms with Gasteiger partial charge in [-0.3, -0.25) is 4.98 Å². The van der Waals surface area contributed by atoms with Crippen LogP contribution in [-0.4, -0.2) is 23.1 Å². The summed E-state index contributed by atoms with van der Waals surface area (Å²) in [5.41, 5.74) is -0.0116. The fourth-order valence-electron chi connectivity index (χ4n) is 1.06. The molecule has 0 radical (unpaired) electrons. The summed E-state index contributed by atoms with van der Waals surface area (Å²) in [6, 6.07) is 1.42. The number of hydrogen-bond donors (Lipinski definition) is 1. The van der Waals surface area contributed by atoms with Gasteiger partial charge in [-0.2, -0.15) is 0 Å². The first-order valence-corrected chi connectivity index (χ1v) is 4.00. The fraction of sp³-hybridized carbons (Fsp3) is 0.444. The van der Waals surface area contributed by atoms with Crippen molar-refractivity contribution < 1.29 is 18.6 Å². The van der Waals surface area contributed by atoms with E-state index in [-0.39, 0.29) is 11.3 Å². The third kappa shape index (κ3) is 2.17. The number of nitrogens with zero attached hydrogens (tertiary/aromatic N) is 1. The van der Waals surface area contributed by atoms with Gasteiger partial charge in [-0.1, -0.05) is 0 Å². The molecule has 1 atom stereocenters. The Morgan fingerprint density at radius 1 is 1.57 bits per heavy atom. The summed E-state index contributed by atoms with van der Waals surface area (Å²) in [5.74, 6) is -3.01.